The molecule has 3 rings (SSSR count). The summed E-state index contributed by atoms with van der Waals surface area (Å²) in [4.78, 5) is 13.6. The van der Waals surface area contributed by atoms with E-state index in [0.717, 1.165) is 37.6 Å². The Morgan fingerprint density at radius 2 is 1.81 bits per heavy atom. The number of aryl methyl sites for hydroxylation is 1. The van der Waals surface area contributed by atoms with Gasteiger partial charge in [-0.15, -0.1) is 0 Å². The molecule has 1 aromatic heterocycles. The van der Waals surface area contributed by atoms with Crippen molar-refractivity contribution in [1.29, 1.82) is 0 Å². The highest BCUT2D eigenvalue weighted by Crippen LogP contribution is 2.23. The van der Waals surface area contributed by atoms with E-state index in [9.17, 15) is 0 Å². The van der Waals surface area contributed by atoms with E-state index in [1.165, 1.54) is 5.69 Å². The number of benzene rings is 1. The minimum absolute atomic E-state index is 0.591. The van der Waals surface area contributed by atoms with Gasteiger partial charge >= 0.3 is 0 Å². The number of anilines is 2. The van der Waals surface area contributed by atoms with Crippen LogP contribution in [0, 0.1) is 6.92 Å². The number of piperidine rings is 1. The molecule has 1 aliphatic heterocycles. The van der Waals surface area contributed by atoms with E-state index < -0.39 is 0 Å². The first kappa shape index (κ1) is 13.9. The maximum Gasteiger partial charge on any atom is 0.225 e. The van der Waals surface area contributed by atoms with E-state index in [1.807, 2.05) is 19.2 Å². The SMILES string of the molecule is Cc1ccnc(N2CCC(N(C)c3ccccc3)CC2)n1. The first-order valence-electron chi connectivity index (χ1n) is 7.56. The molecule has 110 valence electrons. The summed E-state index contributed by atoms with van der Waals surface area (Å²) in [6, 6.07) is 13.2. The van der Waals surface area contributed by atoms with Crippen LogP contribution < -0.4 is 9.80 Å². The number of nitrogens with zero attached hydrogens (tertiary/aromatic N) is 4. The van der Waals surface area contributed by atoms with E-state index in [4.69, 9.17) is 0 Å². The highest BCUT2D eigenvalue weighted by Gasteiger charge is 2.23. The quantitative estimate of drug-likeness (QED) is 0.866. The van der Waals surface area contributed by atoms with Crippen LogP contribution in [0.15, 0.2) is 42.6 Å². The van der Waals surface area contributed by atoms with Gasteiger partial charge in [-0.3, -0.25) is 0 Å². The van der Waals surface area contributed by atoms with Gasteiger partial charge < -0.3 is 9.80 Å². The summed E-state index contributed by atoms with van der Waals surface area (Å²) in [5.74, 6) is 0.871. The first-order chi connectivity index (χ1) is 10.2. The topological polar surface area (TPSA) is 32.3 Å². The highest BCUT2D eigenvalue weighted by atomic mass is 15.3. The zero-order valence-corrected chi connectivity index (χ0v) is 12.7. The molecule has 1 saturated heterocycles. The van der Waals surface area contributed by atoms with Gasteiger partial charge in [0.15, 0.2) is 0 Å². The van der Waals surface area contributed by atoms with Gasteiger partial charge in [-0.1, -0.05) is 18.2 Å². The van der Waals surface area contributed by atoms with E-state index in [-0.39, 0.29) is 0 Å². The van der Waals surface area contributed by atoms with Crippen LogP contribution in [0.3, 0.4) is 0 Å². The predicted octanol–water partition coefficient (Wildman–Crippen LogP) is 2.89. The lowest BCUT2D eigenvalue weighted by Gasteiger charge is -2.37. The summed E-state index contributed by atoms with van der Waals surface area (Å²) >= 11 is 0. The van der Waals surface area contributed by atoms with Gasteiger partial charge in [-0.25, -0.2) is 9.97 Å². The molecule has 0 bridgehead atoms. The molecule has 1 aromatic carbocycles. The minimum atomic E-state index is 0.591. The fourth-order valence-corrected chi connectivity index (χ4v) is 2.92. The fraction of sp³-hybridized carbons (Fsp3) is 0.412. The van der Waals surface area contributed by atoms with Gasteiger partial charge in [0.2, 0.25) is 5.95 Å². The normalized spacial score (nSPS) is 16.0. The molecule has 2 heterocycles. The number of hydrogen-bond acceptors (Lipinski definition) is 4. The zero-order valence-electron chi connectivity index (χ0n) is 12.7. The maximum absolute atomic E-state index is 4.53. The molecule has 0 unspecified atom stereocenters. The molecule has 21 heavy (non-hydrogen) atoms. The van der Waals surface area contributed by atoms with Gasteiger partial charge in [0.05, 0.1) is 0 Å². The molecular formula is C17H22N4. The van der Waals surface area contributed by atoms with Gasteiger partial charge in [-0.2, -0.15) is 0 Å². The largest absolute Gasteiger partial charge is 0.371 e. The predicted molar refractivity (Wildman–Crippen MR) is 86.8 cm³/mol. The summed E-state index contributed by atoms with van der Waals surface area (Å²) in [5.41, 5.74) is 2.33. The van der Waals surface area contributed by atoms with Crippen LogP contribution in [-0.2, 0) is 0 Å². The molecule has 4 heteroatoms. The highest BCUT2D eigenvalue weighted by molar-refractivity contribution is 5.46. The van der Waals surface area contributed by atoms with E-state index in [1.54, 1.807) is 0 Å². The second-order valence-corrected chi connectivity index (χ2v) is 5.66. The van der Waals surface area contributed by atoms with Crippen LogP contribution in [-0.4, -0.2) is 36.1 Å². The molecule has 1 fully saturated rings. The molecule has 0 radical (unpaired) electrons. The van der Waals surface area contributed by atoms with Crippen molar-refractivity contribution in [3.8, 4) is 0 Å². The molecule has 0 spiro atoms. The third kappa shape index (κ3) is 3.15. The van der Waals surface area contributed by atoms with Crippen LogP contribution in [0.5, 0.6) is 0 Å². The van der Waals surface area contributed by atoms with Crippen molar-refractivity contribution in [1.82, 2.24) is 9.97 Å². The van der Waals surface area contributed by atoms with Crippen molar-refractivity contribution in [2.45, 2.75) is 25.8 Å². The molecule has 2 aromatic rings. The molecule has 1 aliphatic rings. The number of aromatic nitrogens is 2. The molecule has 0 aliphatic carbocycles. The number of hydrogen-bond donors (Lipinski definition) is 0. The lowest BCUT2D eigenvalue weighted by molar-refractivity contribution is 0.477. The van der Waals surface area contributed by atoms with Gasteiger partial charge in [0.1, 0.15) is 0 Å². The summed E-state index contributed by atoms with van der Waals surface area (Å²) in [6.45, 7) is 4.05. The summed E-state index contributed by atoms with van der Waals surface area (Å²) in [5, 5.41) is 0. The van der Waals surface area contributed by atoms with Crippen LogP contribution >= 0.6 is 0 Å². The van der Waals surface area contributed by atoms with Crippen LogP contribution in [0.4, 0.5) is 11.6 Å². The van der Waals surface area contributed by atoms with Crippen molar-refractivity contribution in [2.75, 3.05) is 29.9 Å². The zero-order chi connectivity index (χ0) is 14.7. The second-order valence-electron chi connectivity index (χ2n) is 5.66. The Balaban J connectivity index is 1.63. The fourth-order valence-electron chi connectivity index (χ4n) is 2.92. The van der Waals surface area contributed by atoms with Crippen molar-refractivity contribution in [3.63, 3.8) is 0 Å². The monoisotopic (exact) mass is 282 g/mol. The maximum atomic E-state index is 4.53. The van der Waals surface area contributed by atoms with Gasteiger partial charge in [0.25, 0.3) is 0 Å². The van der Waals surface area contributed by atoms with Crippen molar-refractivity contribution >= 4 is 11.6 Å². The lowest BCUT2D eigenvalue weighted by Crippen LogP contribution is -2.44. The molecule has 0 N–H and O–H groups in total. The van der Waals surface area contributed by atoms with Crippen LogP contribution in [0.25, 0.3) is 0 Å². The number of para-hydroxylation sites is 1. The average molecular weight is 282 g/mol. The van der Waals surface area contributed by atoms with Crippen LogP contribution in [0.1, 0.15) is 18.5 Å². The minimum Gasteiger partial charge on any atom is -0.371 e. The van der Waals surface area contributed by atoms with Crippen molar-refractivity contribution in [3.05, 3.63) is 48.3 Å². The Hall–Kier alpha value is -2.10. The molecule has 0 saturated carbocycles. The molecule has 0 atom stereocenters. The second kappa shape index (κ2) is 6.12. The Bertz CT molecular complexity index is 576. The van der Waals surface area contributed by atoms with E-state index in [0.29, 0.717) is 6.04 Å². The summed E-state index contributed by atoms with van der Waals surface area (Å²) < 4.78 is 0. The number of rotatable bonds is 3. The third-order valence-electron chi connectivity index (χ3n) is 4.24. The first-order valence-corrected chi connectivity index (χ1v) is 7.56. The molecular weight excluding hydrogens is 260 g/mol. The Kier molecular flexibility index (Phi) is 4.04. The smallest absolute Gasteiger partial charge is 0.225 e. The standard InChI is InChI=1S/C17H22N4/c1-14-8-11-18-17(19-14)21-12-9-16(10-13-21)20(2)15-6-4-3-5-7-15/h3-8,11,16H,9-10,12-13H2,1-2H3. The van der Waals surface area contributed by atoms with Gasteiger partial charge in [-0.05, 0) is 38.0 Å². The van der Waals surface area contributed by atoms with Crippen molar-refractivity contribution in [2.24, 2.45) is 0 Å². The van der Waals surface area contributed by atoms with Gasteiger partial charge in [0, 0.05) is 43.8 Å². The van der Waals surface area contributed by atoms with Crippen molar-refractivity contribution < 1.29 is 0 Å². The Morgan fingerprint density at radius 1 is 1.10 bits per heavy atom. The summed E-state index contributed by atoms with van der Waals surface area (Å²) in [7, 11) is 2.19. The average Bonchev–Trinajstić information content (AvgIpc) is 2.55. The molecule has 0 amide bonds. The Labute approximate surface area is 126 Å². The molecule has 4 nitrogen and oxygen atoms in total. The third-order valence-corrected chi connectivity index (χ3v) is 4.24. The lowest BCUT2D eigenvalue weighted by atomic mass is 10.0. The Morgan fingerprint density at radius 3 is 2.48 bits per heavy atom. The van der Waals surface area contributed by atoms with E-state index in [2.05, 4.69) is 57.1 Å². The van der Waals surface area contributed by atoms with Crippen LogP contribution in [0.2, 0.25) is 0 Å². The van der Waals surface area contributed by atoms with E-state index >= 15 is 0 Å². The summed E-state index contributed by atoms with van der Waals surface area (Å²) in [6.07, 6.45) is 4.13.